The van der Waals surface area contributed by atoms with Gasteiger partial charge in [-0.05, 0) is 55.8 Å². The van der Waals surface area contributed by atoms with Gasteiger partial charge in [0.25, 0.3) is 0 Å². The van der Waals surface area contributed by atoms with Crippen molar-refractivity contribution in [3.05, 3.63) is 78.3 Å². The third-order valence-electron chi connectivity index (χ3n) is 4.64. The first kappa shape index (κ1) is 17.8. The molecule has 0 bridgehead atoms. The Morgan fingerprint density at radius 1 is 1.04 bits per heavy atom. The number of aromatic nitrogens is 4. The van der Waals surface area contributed by atoms with Crippen LogP contribution in [0.1, 0.15) is 35.6 Å². The molecule has 138 valence electrons. The number of hydrogen-bond donors (Lipinski definition) is 0. The van der Waals surface area contributed by atoms with Gasteiger partial charge in [0, 0.05) is 23.6 Å². The molecule has 0 aliphatic heterocycles. The normalized spacial score (nSPS) is 11.0. The van der Waals surface area contributed by atoms with Crippen LogP contribution in [0.5, 0.6) is 0 Å². The number of carbonyl (C=O) groups is 1. The second-order valence-corrected chi connectivity index (χ2v) is 6.89. The third kappa shape index (κ3) is 3.11. The molecule has 0 aliphatic rings. The Kier molecular flexibility index (Phi) is 4.35. The number of carbonyl (C=O) groups excluding carboxylic acids is 1. The summed E-state index contributed by atoms with van der Waals surface area (Å²) >= 11 is 0. The molecule has 1 aromatic carbocycles. The van der Waals surface area contributed by atoms with Gasteiger partial charge >= 0.3 is 0 Å². The maximum Gasteiger partial charge on any atom is 0.178 e. The van der Waals surface area contributed by atoms with Crippen LogP contribution in [0.15, 0.2) is 61.3 Å². The summed E-state index contributed by atoms with van der Waals surface area (Å²) in [7, 11) is 0. The van der Waals surface area contributed by atoms with E-state index in [1.54, 1.807) is 6.07 Å². The van der Waals surface area contributed by atoms with Gasteiger partial charge in [-0.2, -0.15) is 5.10 Å². The molecule has 0 atom stereocenters. The van der Waals surface area contributed by atoms with E-state index >= 15 is 0 Å². The summed E-state index contributed by atoms with van der Waals surface area (Å²) in [5, 5.41) is 5.57. The van der Waals surface area contributed by atoms with Crippen molar-refractivity contribution in [2.75, 3.05) is 0 Å². The van der Waals surface area contributed by atoms with Gasteiger partial charge in [-0.25, -0.2) is 14.6 Å². The van der Waals surface area contributed by atoms with Crippen molar-refractivity contribution >= 4 is 22.3 Å². The number of fused-ring (bicyclic) bond motifs is 1. The molecule has 0 saturated heterocycles. The molecule has 5 heteroatoms. The maximum atomic E-state index is 11.7. The monoisotopic (exact) mass is 368 g/mol. The molecule has 0 N–H and O–H groups in total. The fraction of sp³-hybridized carbons (Fsp3) is 0.130. The number of benzene rings is 1. The Morgan fingerprint density at radius 2 is 1.82 bits per heavy atom. The van der Waals surface area contributed by atoms with Crippen molar-refractivity contribution in [1.29, 1.82) is 0 Å². The SMILES string of the molecule is C=C(C)c1cc(-c2cccc(C(C)=O)n2)cc2c1cnn2-c1cccc(C)n1. The van der Waals surface area contributed by atoms with E-state index in [-0.39, 0.29) is 5.78 Å². The molecule has 0 fully saturated rings. The van der Waals surface area contributed by atoms with E-state index in [0.29, 0.717) is 5.69 Å². The van der Waals surface area contributed by atoms with Crippen LogP contribution < -0.4 is 0 Å². The van der Waals surface area contributed by atoms with Crippen molar-refractivity contribution in [3.8, 4) is 17.1 Å². The van der Waals surface area contributed by atoms with Crippen molar-refractivity contribution < 1.29 is 4.79 Å². The quantitative estimate of drug-likeness (QED) is 0.474. The Labute approximate surface area is 163 Å². The lowest BCUT2D eigenvalue weighted by Gasteiger charge is -2.10. The minimum absolute atomic E-state index is 0.0583. The number of allylic oxidation sites excluding steroid dienone is 1. The van der Waals surface area contributed by atoms with Crippen LogP contribution in [0.25, 0.3) is 33.6 Å². The van der Waals surface area contributed by atoms with Crippen LogP contribution in [0.4, 0.5) is 0 Å². The van der Waals surface area contributed by atoms with E-state index < -0.39 is 0 Å². The van der Waals surface area contributed by atoms with E-state index in [0.717, 1.165) is 44.8 Å². The van der Waals surface area contributed by atoms with Gasteiger partial charge < -0.3 is 0 Å². The number of ketones is 1. The maximum absolute atomic E-state index is 11.7. The van der Waals surface area contributed by atoms with E-state index in [1.807, 2.05) is 67.2 Å². The van der Waals surface area contributed by atoms with Crippen molar-refractivity contribution in [3.63, 3.8) is 0 Å². The van der Waals surface area contributed by atoms with Gasteiger partial charge in [-0.1, -0.05) is 24.3 Å². The number of aryl methyl sites for hydroxylation is 1. The van der Waals surface area contributed by atoms with Gasteiger partial charge in [-0.15, -0.1) is 0 Å². The van der Waals surface area contributed by atoms with E-state index in [4.69, 9.17) is 0 Å². The summed E-state index contributed by atoms with van der Waals surface area (Å²) in [6, 6.07) is 15.4. The van der Waals surface area contributed by atoms with Crippen LogP contribution in [0, 0.1) is 6.92 Å². The summed E-state index contributed by atoms with van der Waals surface area (Å²) in [4.78, 5) is 20.9. The largest absolute Gasteiger partial charge is 0.293 e. The van der Waals surface area contributed by atoms with Crippen LogP contribution in [0.2, 0.25) is 0 Å². The van der Waals surface area contributed by atoms with Crippen LogP contribution in [-0.2, 0) is 0 Å². The van der Waals surface area contributed by atoms with Gasteiger partial charge in [0.05, 0.1) is 17.4 Å². The third-order valence-corrected chi connectivity index (χ3v) is 4.64. The van der Waals surface area contributed by atoms with Crippen molar-refractivity contribution in [2.45, 2.75) is 20.8 Å². The molecule has 0 unspecified atom stereocenters. The molecule has 28 heavy (non-hydrogen) atoms. The van der Waals surface area contributed by atoms with Gasteiger partial charge in [0.1, 0.15) is 5.69 Å². The molecule has 3 heterocycles. The zero-order valence-corrected chi connectivity index (χ0v) is 16.1. The number of hydrogen-bond acceptors (Lipinski definition) is 4. The van der Waals surface area contributed by atoms with Crippen LogP contribution >= 0.6 is 0 Å². The van der Waals surface area contributed by atoms with Crippen molar-refractivity contribution in [1.82, 2.24) is 19.7 Å². The summed E-state index contributed by atoms with van der Waals surface area (Å²) in [6.45, 7) is 9.57. The lowest BCUT2D eigenvalue weighted by Crippen LogP contribution is -2.01. The Bertz CT molecular complexity index is 1240. The molecule has 0 saturated carbocycles. The number of pyridine rings is 2. The lowest BCUT2D eigenvalue weighted by molar-refractivity contribution is 0.101. The molecule has 0 spiro atoms. The minimum Gasteiger partial charge on any atom is -0.293 e. The standard InChI is InChI=1S/C23H20N4O/c1-14(2)18-11-17(21-9-6-8-20(26-21)16(4)28)12-22-19(18)13-24-27(22)23-10-5-7-15(3)25-23/h5-13H,1H2,2-4H3. The first-order chi connectivity index (χ1) is 13.4. The second kappa shape index (κ2) is 6.85. The molecular formula is C23H20N4O. The van der Waals surface area contributed by atoms with Crippen molar-refractivity contribution in [2.24, 2.45) is 0 Å². The van der Waals surface area contributed by atoms with Crippen LogP contribution in [-0.4, -0.2) is 25.5 Å². The summed E-state index contributed by atoms with van der Waals surface area (Å²) in [6.07, 6.45) is 1.84. The lowest BCUT2D eigenvalue weighted by atomic mass is 9.99. The van der Waals surface area contributed by atoms with Gasteiger partial charge in [0.2, 0.25) is 0 Å². The highest BCUT2D eigenvalue weighted by Gasteiger charge is 2.14. The first-order valence-corrected chi connectivity index (χ1v) is 9.04. The Balaban J connectivity index is 1.98. The number of Topliss-reactive ketones (excluding diaryl/α,β-unsaturated/α-hetero) is 1. The second-order valence-electron chi connectivity index (χ2n) is 6.89. The Hall–Kier alpha value is -3.60. The average Bonchev–Trinajstić information content (AvgIpc) is 3.11. The molecule has 0 amide bonds. The topological polar surface area (TPSA) is 60.7 Å². The average molecular weight is 368 g/mol. The molecule has 0 radical (unpaired) electrons. The summed E-state index contributed by atoms with van der Waals surface area (Å²) in [5.74, 6) is 0.697. The van der Waals surface area contributed by atoms with E-state index in [1.165, 1.54) is 6.92 Å². The minimum atomic E-state index is -0.0583. The van der Waals surface area contributed by atoms with Crippen LogP contribution in [0.3, 0.4) is 0 Å². The molecular weight excluding hydrogens is 348 g/mol. The first-order valence-electron chi connectivity index (χ1n) is 9.04. The van der Waals surface area contributed by atoms with Gasteiger partial charge in [-0.3, -0.25) is 4.79 Å². The Morgan fingerprint density at radius 3 is 2.54 bits per heavy atom. The molecule has 3 aromatic heterocycles. The predicted octanol–water partition coefficient (Wildman–Crippen LogP) is 5.03. The fourth-order valence-corrected chi connectivity index (χ4v) is 3.25. The highest BCUT2D eigenvalue weighted by Crippen LogP contribution is 2.31. The zero-order valence-electron chi connectivity index (χ0n) is 16.1. The van der Waals surface area contributed by atoms with Gasteiger partial charge in [0.15, 0.2) is 11.6 Å². The smallest absolute Gasteiger partial charge is 0.178 e. The van der Waals surface area contributed by atoms with E-state index in [2.05, 4.69) is 21.6 Å². The zero-order chi connectivity index (χ0) is 19.8. The summed E-state index contributed by atoms with van der Waals surface area (Å²) in [5.41, 5.74) is 5.87. The number of rotatable bonds is 4. The summed E-state index contributed by atoms with van der Waals surface area (Å²) < 4.78 is 1.83. The molecule has 4 aromatic rings. The number of nitrogens with zero attached hydrogens (tertiary/aromatic N) is 4. The highest BCUT2D eigenvalue weighted by molar-refractivity contribution is 5.96. The predicted molar refractivity (Wildman–Crippen MR) is 112 cm³/mol. The molecule has 5 nitrogen and oxygen atoms in total. The molecule has 0 aliphatic carbocycles. The fourth-order valence-electron chi connectivity index (χ4n) is 3.25. The highest BCUT2D eigenvalue weighted by atomic mass is 16.1. The molecule has 4 rings (SSSR count). The van der Waals surface area contributed by atoms with E-state index in [9.17, 15) is 4.79 Å².